The van der Waals surface area contributed by atoms with Crippen LogP contribution >= 0.6 is 15.9 Å². The molecule has 0 amide bonds. The number of hydrogen-bond donors (Lipinski definition) is 0. The van der Waals surface area contributed by atoms with Crippen molar-refractivity contribution in [2.45, 2.75) is 76.2 Å². The monoisotopic (exact) mass is 446 g/mol. The number of rotatable bonds is 2. The molecule has 7 rings (SSSR count). The lowest BCUT2D eigenvalue weighted by Gasteiger charge is -2.38. The summed E-state index contributed by atoms with van der Waals surface area (Å²) in [5, 5.41) is 2.86. The van der Waals surface area contributed by atoms with Crippen LogP contribution in [0, 0.1) is 0 Å². The number of aromatic nitrogens is 1. The van der Waals surface area contributed by atoms with Crippen molar-refractivity contribution in [3.63, 3.8) is 0 Å². The molecule has 2 bridgehead atoms. The fraction of sp³-hybridized carbons (Fsp3) is 0.444. The van der Waals surface area contributed by atoms with Gasteiger partial charge in [-0.1, -0.05) is 41.9 Å². The van der Waals surface area contributed by atoms with Gasteiger partial charge in [-0.15, -0.1) is 0 Å². The van der Waals surface area contributed by atoms with Crippen molar-refractivity contribution >= 4 is 26.7 Å². The van der Waals surface area contributed by atoms with Crippen LogP contribution in [0.15, 0.2) is 47.1 Å². The van der Waals surface area contributed by atoms with Crippen LogP contribution < -0.4 is 4.57 Å². The van der Waals surface area contributed by atoms with E-state index in [4.69, 9.17) is 0 Å². The van der Waals surface area contributed by atoms with E-state index in [0.717, 1.165) is 31.1 Å². The highest BCUT2D eigenvalue weighted by molar-refractivity contribution is 9.10. The van der Waals surface area contributed by atoms with E-state index < -0.39 is 0 Å². The van der Waals surface area contributed by atoms with Crippen molar-refractivity contribution < 1.29 is 4.57 Å². The minimum atomic E-state index is 0.180. The van der Waals surface area contributed by atoms with Gasteiger partial charge in [-0.2, -0.15) is 4.57 Å². The molecular weight excluding hydrogens is 418 g/mol. The van der Waals surface area contributed by atoms with Crippen LogP contribution in [-0.4, -0.2) is 0 Å². The maximum atomic E-state index is 3.72. The highest BCUT2D eigenvalue weighted by atomic mass is 79.9. The van der Waals surface area contributed by atoms with Crippen molar-refractivity contribution in [1.82, 2.24) is 0 Å². The van der Waals surface area contributed by atoms with E-state index in [0.29, 0.717) is 0 Å². The standard InChI is InChI=1S/C27H29BrN/c1-3-27(4-2)15-19-9-10-22(28)14-25(19)26-13-20-11-23-17-5-7-18(8-6-17)24(23)12-21(20)16-29(26)27/h9-14,16-18H,3-8,15H2,1-2H3/q+1. The van der Waals surface area contributed by atoms with E-state index in [1.165, 1.54) is 57.7 Å². The normalized spacial score (nSPS) is 23.6. The SMILES string of the molecule is CCC1(CC)Cc2ccc(Br)cc2-c2cc3cc4c(cc3c[n+]21)C1CCC4CC1. The van der Waals surface area contributed by atoms with Crippen LogP contribution in [0.2, 0.25) is 0 Å². The summed E-state index contributed by atoms with van der Waals surface area (Å²) in [4.78, 5) is 0. The van der Waals surface area contributed by atoms with Gasteiger partial charge in [-0.05, 0) is 77.8 Å². The third-order valence-corrected chi connectivity index (χ3v) is 8.90. The Balaban J connectivity index is 1.65. The Morgan fingerprint density at radius 2 is 1.55 bits per heavy atom. The summed E-state index contributed by atoms with van der Waals surface area (Å²) < 4.78 is 3.81. The van der Waals surface area contributed by atoms with Crippen molar-refractivity contribution in [1.29, 1.82) is 0 Å². The topological polar surface area (TPSA) is 3.88 Å². The zero-order chi connectivity index (χ0) is 19.8. The molecule has 1 aromatic heterocycles. The zero-order valence-corrected chi connectivity index (χ0v) is 19.1. The molecule has 0 radical (unpaired) electrons. The molecule has 1 saturated carbocycles. The van der Waals surface area contributed by atoms with Gasteiger partial charge in [0, 0.05) is 35.2 Å². The van der Waals surface area contributed by atoms with Gasteiger partial charge in [0.2, 0.25) is 5.69 Å². The van der Waals surface area contributed by atoms with E-state index in [1.54, 1.807) is 11.1 Å². The molecule has 0 N–H and O–H groups in total. The second-order valence-electron chi connectivity index (χ2n) is 9.60. The first kappa shape index (κ1) is 18.1. The molecule has 0 saturated heterocycles. The Morgan fingerprint density at radius 3 is 2.21 bits per heavy atom. The van der Waals surface area contributed by atoms with Crippen molar-refractivity contribution in [3.05, 3.63) is 63.8 Å². The summed E-state index contributed by atoms with van der Waals surface area (Å²) in [6.45, 7) is 4.72. The van der Waals surface area contributed by atoms with E-state index in [1.807, 2.05) is 0 Å². The van der Waals surface area contributed by atoms with Crippen LogP contribution in [0.25, 0.3) is 22.0 Å². The van der Waals surface area contributed by atoms with Crippen LogP contribution in [-0.2, 0) is 12.0 Å². The minimum absolute atomic E-state index is 0.180. The molecule has 2 aromatic carbocycles. The van der Waals surface area contributed by atoms with Gasteiger partial charge in [0.15, 0.2) is 11.7 Å². The maximum absolute atomic E-state index is 3.72. The Labute approximate surface area is 182 Å². The van der Waals surface area contributed by atoms with Gasteiger partial charge in [0.05, 0.1) is 5.56 Å². The lowest BCUT2D eigenvalue weighted by Crippen LogP contribution is -2.60. The molecule has 3 aliphatic carbocycles. The first-order valence-electron chi connectivity index (χ1n) is 11.4. The average Bonchev–Trinajstić information content (AvgIpc) is 2.77. The Bertz CT molecular complexity index is 1130. The summed E-state index contributed by atoms with van der Waals surface area (Å²) in [6, 6.07) is 14.5. The van der Waals surface area contributed by atoms with Crippen LogP contribution in [0.5, 0.6) is 0 Å². The van der Waals surface area contributed by atoms with Crippen molar-refractivity contribution in [3.8, 4) is 11.3 Å². The summed E-state index contributed by atoms with van der Waals surface area (Å²) in [5.41, 5.74) is 7.79. The second-order valence-corrected chi connectivity index (χ2v) is 10.5. The molecular formula is C27H29BrN+. The average molecular weight is 447 g/mol. The van der Waals surface area contributed by atoms with Crippen LogP contribution in [0.4, 0.5) is 0 Å². The number of hydrogen-bond acceptors (Lipinski definition) is 0. The molecule has 2 heterocycles. The van der Waals surface area contributed by atoms with E-state index >= 15 is 0 Å². The molecule has 1 nitrogen and oxygen atoms in total. The smallest absolute Gasteiger partial charge is 0.192 e. The predicted molar refractivity (Wildman–Crippen MR) is 123 cm³/mol. The van der Waals surface area contributed by atoms with E-state index in [9.17, 15) is 0 Å². The van der Waals surface area contributed by atoms with Crippen molar-refractivity contribution in [2.24, 2.45) is 0 Å². The quantitative estimate of drug-likeness (QED) is 0.361. The first-order chi connectivity index (χ1) is 14.1. The summed E-state index contributed by atoms with van der Waals surface area (Å²) >= 11 is 3.72. The second kappa shape index (κ2) is 6.41. The zero-order valence-electron chi connectivity index (χ0n) is 17.5. The van der Waals surface area contributed by atoms with Gasteiger partial charge in [-0.25, -0.2) is 0 Å². The summed E-state index contributed by atoms with van der Waals surface area (Å²) in [6.07, 6.45) is 11.5. The first-order valence-corrected chi connectivity index (χ1v) is 12.2. The molecule has 148 valence electrons. The van der Waals surface area contributed by atoms with Gasteiger partial charge in [-0.3, -0.25) is 0 Å². The lowest BCUT2D eigenvalue weighted by molar-refractivity contribution is -0.757. The molecule has 0 unspecified atom stereocenters. The van der Waals surface area contributed by atoms with Crippen molar-refractivity contribution in [2.75, 3.05) is 0 Å². The summed E-state index contributed by atoms with van der Waals surface area (Å²) in [7, 11) is 0. The molecule has 1 aliphatic heterocycles. The Morgan fingerprint density at radius 1 is 0.897 bits per heavy atom. The minimum Gasteiger partial charge on any atom is -0.192 e. The number of halogens is 1. The predicted octanol–water partition coefficient (Wildman–Crippen LogP) is 7.38. The molecule has 1 fully saturated rings. The summed E-state index contributed by atoms with van der Waals surface area (Å²) in [5.74, 6) is 1.61. The van der Waals surface area contributed by atoms with Crippen LogP contribution in [0.1, 0.15) is 80.9 Å². The third kappa shape index (κ3) is 2.54. The van der Waals surface area contributed by atoms with E-state index in [2.05, 4.69) is 76.9 Å². The fourth-order valence-corrected chi connectivity index (χ4v) is 6.94. The molecule has 3 aromatic rings. The highest BCUT2D eigenvalue weighted by Gasteiger charge is 2.44. The lowest BCUT2D eigenvalue weighted by atomic mass is 9.66. The fourth-order valence-electron chi connectivity index (χ4n) is 6.57. The number of fused-ring (bicyclic) bond motifs is 6. The molecule has 0 atom stereocenters. The molecule has 29 heavy (non-hydrogen) atoms. The largest absolute Gasteiger partial charge is 0.213 e. The van der Waals surface area contributed by atoms with Gasteiger partial charge in [0.1, 0.15) is 0 Å². The number of benzene rings is 2. The number of pyridine rings is 1. The van der Waals surface area contributed by atoms with Crippen LogP contribution in [0.3, 0.4) is 0 Å². The third-order valence-electron chi connectivity index (χ3n) is 8.41. The Kier molecular flexibility index (Phi) is 4.01. The Hall–Kier alpha value is -1.67. The highest BCUT2D eigenvalue weighted by Crippen LogP contribution is 2.50. The number of nitrogens with zero attached hydrogens (tertiary/aromatic N) is 1. The van der Waals surface area contributed by atoms with E-state index in [-0.39, 0.29) is 5.54 Å². The van der Waals surface area contributed by atoms with Gasteiger partial charge < -0.3 is 0 Å². The van der Waals surface area contributed by atoms with Gasteiger partial charge >= 0.3 is 0 Å². The molecule has 4 aliphatic rings. The molecule has 0 spiro atoms. The van der Waals surface area contributed by atoms with Gasteiger partial charge in [0.25, 0.3) is 0 Å². The molecule has 2 heteroatoms. The maximum Gasteiger partial charge on any atom is 0.213 e.